The van der Waals surface area contributed by atoms with E-state index < -0.39 is 0 Å². The van der Waals surface area contributed by atoms with Crippen LogP contribution in [0.1, 0.15) is 24.2 Å². The molecular weight excluding hydrogens is 226 g/mol. The van der Waals surface area contributed by atoms with Crippen molar-refractivity contribution < 1.29 is 4.74 Å². The largest absolute Gasteiger partial charge is 0.481 e. The molecule has 0 aliphatic carbocycles. The number of aromatic nitrogens is 2. The molecule has 0 aliphatic heterocycles. The van der Waals surface area contributed by atoms with E-state index in [9.17, 15) is 0 Å². The summed E-state index contributed by atoms with van der Waals surface area (Å²) in [5, 5.41) is 3.41. The lowest BCUT2D eigenvalue weighted by Crippen LogP contribution is -2.19. The summed E-state index contributed by atoms with van der Waals surface area (Å²) in [4.78, 5) is 8.49. The minimum Gasteiger partial charge on any atom is -0.481 e. The Balaban J connectivity index is 1.99. The van der Waals surface area contributed by atoms with E-state index in [2.05, 4.69) is 22.2 Å². The van der Waals surface area contributed by atoms with Crippen molar-refractivity contribution in [3.8, 4) is 5.88 Å². The Labute approximate surface area is 107 Å². The van der Waals surface area contributed by atoms with Gasteiger partial charge in [0.1, 0.15) is 0 Å². The Morgan fingerprint density at radius 1 is 1.17 bits per heavy atom. The maximum Gasteiger partial charge on any atom is 0.217 e. The van der Waals surface area contributed by atoms with E-state index in [1.54, 1.807) is 19.5 Å². The molecule has 0 aliphatic rings. The van der Waals surface area contributed by atoms with Crippen LogP contribution < -0.4 is 10.1 Å². The van der Waals surface area contributed by atoms with Gasteiger partial charge in [0.25, 0.3) is 0 Å². The van der Waals surface area contributed by atoms with Gasteiger partial charge in [0, 0.05) is 30.5 Å². The van der Waals surface area contributed by atoms with Gasteiger partial charge >= 0.3 is 0 Å². The third kappa shape index (κ3) is 3.05. The molecule has 2 rings (SSSR count). The van der Waals surface area contributed by atoms with Crippen LogP contribution in [0.4, 0.5) is 0 Å². The van der Waals surface area contributed by atoms with Gasteiger partial charge in [-0.3, -0.25) is 4.98 Å². The van der Waals surface area contributed by atoms with Crippen LogP contribution in [0.2, 0.25) is 0 Å². The van der Waals surface area contributed by atoms with Gasteiger partial charge in [0.15, 0.2) is 0 Å². The zero-order chi connectivity index (χ0) is 12.8. The molecule has 94 valence electrons. The van der Waals surface area contributed by atoms with Gasteiger partial charge in [-0.15, -0.1) is 0 Å². The summed E-state index contributed by atoms with van der Waals surface area (Å²) in [6.07, 6.45) is 3.53. The van der Waals surface area contributed by atoms with E-state index in [0.29, 0.717) is 12.4 Å². The molecule has 0 saturated carbocycles. The van der Waals surface area contributed by atoms with Crippen molar-refractivity contribution in [3.63, 3.8) is 0 Å². The van der Waals surface area contributed by atoms with Crippen LogP contribution in [-0.2, 0) is 6.54 Å². The molecule has 0 saturated heterocycles. The molecule has 1 atom stereocenters. The predicted molar refractivity (Wildman–Crippen MR) is 70.3 cm³/mol. The maximum absolute atomic E-state index is 5.22. The minimum absolute atomic E-state index is 0.191. The highest BCUT2D eigenvalue weighted by atomic mass is 16.5. The van der Waals surface area contributed by atoms with Gasteiger partial charge in [-0.25, -0.2) is 4.98 Å². The van der Waals surface area contributed by atoms with Crippen molar-refractivity contribution in [3.05, 3.63) is 54.0 Å². The monoisotopic (exact) mass is 243 g/mol. The highest BCUT2D eigenvalue weighted by Crippen LogP contribution is 2.15. The van der Waals surface area contributed by atoms with Gasteiger partial charge in [-0.1, -0.05) is 12.1 Å². The molecule has 0 spiro atoms. The zero-order valence-corrected chi connectivity index (χ0v) is 10.6. The van der Waals surface area contributed by atoms with Crippen molar-refractivity contribution in [2.24, 2.45) is 0 Å². The SMILES string of the molecule is COc1ncccc1CN[C@H](C)c1ccccn1. The molecule has 0 radical (unpaired) electrons. The van der Waals surface area contributed by atoms with Gasteiger partial charge in [0.2, 0.25) is 5.88 Å². The molecular formula is C14H17N3O. The van der Waals surface area contributed by atoms with Crippen molar-refractivity contribution in [2.75, 3.05) is 7.11 Å². The Bertz CT molecular complexity index is 487. The Hall–Kier alpha value is -1.94. The molecule has 4 nitrogen and oxygen atoms in total. The van der Waals surface area contributed by atoms with Gasteiger partial charge in [-0.05, 0) is 25.1 Å². The molecule has 0 unspecified atom stereocenters. The fraction of sp³-hybridized carbons (Fsp3) is 0.286. The predicted octanol–water partition coefficient (Wildman–Crippen LogP) is 2.34. The quantitative estimate of drug-likeness (QED) is 0.875. The maximum atomic E-state index is 5.22. The number of rotatable bonds is 5. The first-order chi connectivity index (χ1) is 8.81. The van der Waals surface area contributed by atoms with E-state index in [4.69, 9.17) is 4.74 Å². The summed E-state index contributed by atoms with van der Waals surface area (Å²) in [6.45, 7) is 2.79. The van der Waals surface area contributed by atoms with Gasteiger partial charge in [0.05, 0.1) is 12.8 Å². The fourth-order valence-corrected chi connectivity index (χ4v) is 1.74. The van der Waals surface area contributed by atoms with Crippen LogP contribution in [0.15, 0.2) is 42.7 Å². The van der Waals surface area contributed by atoms with E-state index in [1.165, 1.54) is 0 Å². The second kappa shape index (κ2) is 6.12. The number of hydrogen-bond acceptors (Lipinski definition) is 4. The summed E-state index contributed by atoms with van der Waals surface area (Å²) in [7, 11) is 1.63. The lowest BCUT2D eigenvalue weighted by Gasteiger charge is -2.14. The minimum atomic E-state index is 0.191. The number of nitrogens with one attached hydrogen (secondary N) is 1. The second-order valence-corrected chi connectivity index (χ2v) is 4.03. The van der Waals surface area contributed by atoms with E-state index >= 15 is 0 Å². The molecule has 0 fully saturated rings. The van der Waals surface area contributed by atoms with Crippen molar-refractivity contribution in [1.82, 2.24) is 15.3 Å². The Morgan fingerprint density at radius 3 is 2.72 bits per heavy atom. The third-order valence-electron chi connectivity index (χ3n) is 2.77. The average molecular weight is 243 g/mol. The van der Waals surface area contributed by atoms with Crippen LogP contribution in [0.25, 0.3) is 0 Å². The topological polar surface area (TPSA) is 47.0 Å². The van der Waals surface area contributed by atoms with Gasteiger partial charge < -0.3 is 10.1 Å². The highest BCUT2D eigenvalue weighted by Gasteiger charge is 2.08. The summed E-state index contributed by atoms with van der Waals surface area (Å²) < 4.78 is 5.22. The number of nitrogens with zero attached hydrogens (tertiary/aromatic N) is 2. The van der Waals surface area contributed by atoms with Crippen molar-refractivity contribution in [1.29, 1.82) is 0 Å². The number of pyridine rings is 2. The first-order valence-corrected chi connectivity index (χ1v) is 5.93. The smallest absolute Gasteiger partial charge is 0.217 e. The van der Waals surface area contributed by atoms with E-state index in [0.717, 1.165) is 11.3 Å². The van der Waals surface area contributed by atoms with Crippen LogP contribution in [-0.4, -0.2) is 17.1 Å². The van der Waals surface area contributed by atoms with E-state index in [-0.39, 0.29) is 6.04 Å². The van der Waals surface area contributed by atoms with Gasteiger partial charge in [-0.2, -0.15) is 0 Å². The third-order valence-corrected chi connectivity index (χ3v) is 2.77. The van der Waals surface area contributed by atoms with Crippen LogP contribution in [0.5, 0.6) is 5.88 Å². The fourth-order valence-electron chi connectivity index (χ4n) is 1.74. The number of methoxy groups -OCH3 is 1. The summed E-state index contributed by atoms with van der Waals surface area (Å²) >= 11 is 0. The second-order valence-electron chi connectivity index (χ2n) is 4.03. The highest BCUT2D eigenvalue weighted by molar-refractivity contribution is 5.25. The zero-order valence-electron chi connectivity index (χ0n) is 10.6. The summed E-state index contributed by atoms with van der Waals surface area (Å²) in [5.41, 5.74) is 2.07. The number of hydrogen-bond donors (Lipinski definition) is 1. The van der Waals surface area contributed by atoms with E-state index in [1.807, 2.05) is 30.3 Å². The average Bonchev–Trinajstić information content (AvgIpc) is 2.46. The Morgan fingerprint density at radius 2 is 2.00 bits per heavy atom. The molecule has 1 N–H and O–H groups in total. The molecule has 2 heterocycles. The first kappa shape index (κ1) is 12.5. The molecule has 0 amide bonds. The van der Waals surface area contributed by atoms with Crippen LogP contribution in [0.3, 0.4) is 0 Å². The molecule has 2 aromatic heterocycles. The Kier molecular flexibility index (Phi) is 4.25. The summed E-state index contributed by atoms with van der Waals surface area (Å²) in [6, 6.07) is 10.0. The standard InChI is InChI=1S/C14H17N3O/c1-11(13-7-3-4-8-15-13)17-10-12-6-5-9-16-14(12)18-2/h3-9,11,17H,10H2,1-2H3/t11-/m1/s1. The molecule has 18 heavy (non-hydrogen) atoms. The number of ether oxygens (including phenoxy) is 1. The molecule has 0 aromatic carbocycles. The normalized spacial score (nSPS) is 12.1. The lowest BCUT2D eigenvalue weighted by molar-refractivity contribution is 0.389. The molecule has 4 heteroatoms. The molecule has 2 aromatic rings. The first-order valence-electron chi connectivity index (χ1n) is 5.93. The lowest BCUT2D eigenvalue weighted by atomic mass is 10.2. The summed E-state index contributed by atoms with van der Waals surface area (Å²) in [5.74, 6) is 0.665. The van der Waals surface area contributed by atoms with Crippen molar-refractivity contribution >= 4 is 0 Å². The van der Waals surface area contributed by atoms with Crippen molar-refractivity contribution in [2.45, 2.75) is 19.5 Å². The van der Waals surface area contributed by atoms with Crippen LogP contribution >= 0.6 is 0 Å². The van der Waals surface area contributed by atoms with Crippen LogP contribution in [0, 0.1) is 0 Å². The molecule has 0 bridgehead atoms.